The Morgan fingerprint density at radius 2 is 2.00 bits per heavy atom. The molecule has 0 unspecified atom stereocenters. The first-order valence-electron chi connectivity index (χ1n) is 9.89. The third kappa shape index (κ3) is 6.09. The molecular weight excluding hydrogens is 437 g/mol. The van der Waals surface area contributed by atoms with Crippen LogP contribution in [0.4, 0.5) is 0 Å². The number of carbonyl (C=O) groups excluding carboxylic acids is 1. The summed E-state index contributed by atoms with van der Waals surface area (Å²) in [7, 11) is 1.37. The minimum absolute atomic E-state index is 0.0176. The Balaban J connectivity index is 1.70. The van der Waals surface area contributed by atoms with Gasteiger partial charge in [0.1, 0.15) is 11.3 Å². The van der Waals surface area contributed by atoms with Crippen molar-refractivity contribution < 1.29 is 14.3 Å². The van der Waals surface area contributed by atoms with Crippen LogP contribution in [0.25, 0.3) is 0 Å². The Morgan fingerprint density at radius 1 is 1.23 bits per heavy atom. The summed E-state index contributed by atoms with van der Waals surface area (Å²) in [5.74, 6) is 0.671. The average molecular weight is 462 g/mol. The molecule has 8 heteroatoms. The molecule has 0 aliphatic heterocycles. The van der Waals surface area contributed by atoms with E-state index in [1.807, 2.05) is 18.2 Å². The molecule has 6 nitrogen and oxygen atoms in total. The van der Waals surface area contributed by atoms with Gasteiger partial charge in [-0.05, 0) is 60.6 Å². The lowest BCUT2D eigenvalue weighted by atomic mass is 10.1. The number of nitrogens with two attached hydrogens (primary N) is 2. The summed E-state index contributed by atoms with van der Waals surface area (Å²) in [5, 5.41) is 3.89. The predicted octanol–water partition coefficient (Wildman–Crippen LogP) is 4.23. The molecule has 0 radical (unpaired) electrons. The molecule has 0 heterocycles. The Morgan fingerprint density at radius 3 is 2.65 bits per heavy atom. The maximum Gasteiger partial charge on any atom is 0.260 e. The van der Waals surface area contributed by atoms with Crippen LogP contribution in [0.3, 0.4) is 0 Å². The fraction of sp³-hybridized carbons (Fsp3) is 0.261. The minimum atomic E-state index is -0.473. The summed E-state index contributed by atoms with van der Waals surface area (Å²) in [6, 6.07) is 12.9. The van der Waals surface area contributed by atoms with Gasteiger partial charge in [-0.25, -0.2) is 0 Å². The number of amides is 1. The highest BCUT2D eigenvalue weighted by Gasteiger charge is 2.25. The van der Waals surface area contributed by atoms with Gasteiger partial charge >= 0.3 is 0 Å². The SMILES string of the molecule is CO/C(N)=C(C(=O)NCCc1ccc(Cl)cc1Cl)/C(=C\N)Oc1cccc(C2CC2)c1. The second kappa shape index (κ2) is 10.5. The number of halogens is 2. The number of hydrogen-bond donors (Lipinski definition) is 3. The van der Waals surface area contributed by atoms with Crippen molar-refractivity contribution in [2.24, 2.45) is 11.5 Å². The smallest absolute Gasteiger partial charge is 0.260 e. The lowest BCUT2D eigenvalue weighted by Crippen LogP contribution is -2.31. The molecule has 0 aromatic heterocycles. The minimum Gasteiger partial charge on any atom is -0.482 e. The quantitative estimate of drug-likeness (QED) is 0.294. The molecule has 3 rings (SSSR count). The number of methoxy groups -OCH3 is 1. The van der Waals surface area contributed by atoms with Gasteiger partial charge < -0.3 is 26.3 Å². The first-order chi connectivity index (χ1) is 14.9. The Labute approximate surface area is 191 Å². The first-order valence-corrected chi connectivity index (χ1v) is 10.6. The molecule has 1 aliphatic carbocycles. The van der Waals surface area contributed by atoms with Gasteiger partial charge in [0.05, 0.1) is 7.11 Å². The van der Waals surface area contributed by atoms with E-state index in [2.05, 4.69) is 11.4 Å². The summed E-state index contributed by atoms with van der Waals surface area (Å²) in [5.41, 5.74) is 13.8. The van der Waals surface area contributed by atoms with Gasteiger partial charge in [0.2, 0.25) is 5.88 Å². The monoisotopic (exact) mass is 461 g/mol. The van der Waals surface area contributed by atoms with Gasteiger partial charge in [-0.15, -0.1) is 0 Å². The van der Waals surface area contributed by atoms with Crippen molar-refractivity contribution in [1.82, 2.24) is 5.32 Å². The normalized spacial score (nSPS) is 14.6. The lowest BCUT2D eigenvalue weighted by Gasteiger charge is -2.16. The van der Waals surface area contributed by atoms with Crippen LogP contribution in [0.1, 0.15) is 29.9 Å². The van der Waals surface area contributed by atoms with Crippen LogP contribution in [0.5, 0.6) is 5.75 Å². The van der Waals surface area contributed by atoms with E-state index in [1.165, 1.54) is 31.7 Å². The lowest BCUT2D eigenvalue weighted by molar-refractivity contribution is -0.117. The summed E-state index contributed by atoms with van der Waals surface area (Å²) >= 11 is 12.1. The van der Waals surface area contributed by atoms with Crippen LogP contribution in [-0.4, -0.2) is 19.6 Å². The Bertz CT molecular complexity index is 1020. The van der Waals surface area contributed by atoms with E-state index in [-0.39, 0.29) is 17.2 Å². The molecule has 1 amide bonds. The van der Waals surface area contributed by atoms with Crippen molar-refractivity contribution in [2.45, 2.75) is 25.2 Å². The van der Waals surface area contributed by atoms with Crippen molar-refractivity contribution in [1.29, 1.82) is 0 Å². The van der Waals surface area contributed by atoms with Crippen molar-refractivity contribution in [3.05, 3.63) is 87.1 Å². The average Bonchev–Trinajstić information content (AvgIpc) is 3.60. The summed E-state index contributed by atoms with van der Waals surface area (Å²) in [4.78, 5) is 12.9. The van der Waals surface area contributed by atoms with E-state index in [4.69, 9.17) is 44.1 Å². The highest BCUT2D eigenvalue weighted by molar-refractivity contribution is 6.35. The molecular formula is C23H25Cl2N3O3. The zero-order valence-corrected chi connectivity index (χ0v) is 18.7. The summed E-state index contributed by atoms with van der Waals surface area (Å²) < 4.78 is 11.0. The zero-order chi connectivity index (χ0) is 22.4. The Kier molecular flexibility index (Phi) is 7.71. The van der Waals surface area contributed by atoms with E-state index in [1.54, 1.807) is 18.2 Å². The largest absolute Gasteiger partial charge is 0.482 e. The molecule has 2 aromatic rings. The topological polar surface area (TPSA) is 99.6 Å². The maximum absolute atomic E-state index is 12.9. The molecule has 5 N–H and O–H groups in total. The van der Waals surface area contributed by atoms with Crippen LogP contribution >= 0.6 is 23.2 Å². The van der Waals surface area contributed by atoms with E-state index in [0.29, 0.717) is 34.7 Å². The van der Waals surface area contributed by atoms with Crippen molar-refractivity contribution in [3.8, 4) is 5.75 Å². The predicted molar refractivity (Wildman–Crippen MR) is 123 cm³/mol. The number of hydrogen-bond acceptors (Lipinski definition) is 5. The number of rotatable bonds is 9. The van der Waals surface area contributed by atoms with Crippen LogP contribution in [0.15, 0.2) is 65.9 Å². The molecule has 164 valence electrons. The summed E-state index contributed by atoms with van der Waals surface area (Å²) in [6.45, 7) is 0.315. The zero-order valence-electron chi connectivity index (χ0n) is 17.2. The van der Waals surface area contributed by atoms with Gasteiger partial charge in [-0.2, -0.15) is 0 Å². The molecule has 0 atom stereocenters. The van der Waals surface area contributed by atoms with Crippen molar-refractivity contribution >= 4 is 29.1 Å². The molecule has 2 aromatic carbocycles. The molecule has 1 aliphatic rings. The standard InChI is InChI=1S/C23H25Cl2N3O3/c1-30-22(27)21(23(29)28-10-9-15-7-8-17(24)12-19(15)25)20(13-26)31-18-4-2-3-16(11-18)14-5-6-14/h2-4,7-8,11-14H,5-6,9-10,26-27H2,1H3,(H,28,29)/b20-13+,22-21-. The maximum atomic E-state index is 12.9. The van der Waals surface area contributed by atoms with Crippen molar-refractivity contribution in [2.75, 3.05) is 13.7 Å². The summed E-state index contributed by atoms with van der Waals surface area (Å²) in [6.07, 6.45) is 4.05. The third-order valence-electron chi connectivity index (χ3n) is 4.92. The van der Waals surface area contributed by atoms with E-state index >= 15 is 0 Å². The van der Waals surface area contributed by atoms with E-state index < -0.39 is 5.91 Å². The fourth-order valence-electron chi connectivity index (χ4n) is 3.11. The second-order valence-electron chi connectivity index (χ2n) is 7.16. The highest BCUT2D eigenvalue weighted by atomic mass is 35.5. The molecule has 1 saturated carbocycles. The number of nitrogens with one attached hydrogen (secondary N) is 1. The van der Waals surface area contributed by atoms with Crippen molar-refractivity contribution in [3.63, 3.8) is 0 Å². The van der Waals surface area contributed by atoms with Crippen LogP contribution in [0, 0.1) is 0 Å². The molecule has 31 heavy (non-hydrogen) atoms. The van der Waals surface area contributed by atoms with Crippen LogP contribution in [-0.2, 0) is 16.0 Å². The first kappa shape index (κ1) is 22.8. The van der Waals surface area contributed by atoms with Crippen LogP contribution < -0.4 is 21.5 Å². The number of benzene rings is 2. The van der Waals surface area contributed by atoms with E-state index in [9.17, 15) is 4.79 Å². The second-order valence-corrected chi connectivity index (χ2v) is 8.01. The molecule has 1 fully saturated rings. The van der Waals surface area contributed by atoms with Gasteiger partial charge in [0, 0.05) is 22.8 Å². The Hall–Kier alpha value is -2.83. The van der Waals surface area contributed by atoms with Gasteiger partial charge in [-0.1, -0.05) is 41.4 Å². The fourth-order valence-corrected chi connectivity index (χ4v) is 3.62. The highest BCUT2D eigenvalue weighted by Crippen LogP contribution is 2.41. The third-order valence-corrected chi connectivity index (χ3v) is 5.51. The van der Waals surface area contributed by atoms with Gasteiger partial charge in [0.15, 0.2) is 5.76 Å². The van der Waals surface area contributed by atoms with Gasteiger partial charge in [-0.3, -0.25) is 4.79 Å². The van der Waals surface area contributed by atoms with Crippen LogP contribution in [0.2, 0.25) is 10.0 Å². The van der Waals surface area contributed by atoms with Gasteiger partial charge in [0.25, 0.3) is 5.91 Å². The number of ether oxygens (including phenoxy) is 2. The molecule has 0 bridgehead atoms. The molecule has 0 saturated heterocycles. The molecule has 0 spiro atoms. The van der Waals surface area contributed by atoms with E-state index in [0.717, 1.165) is 5.56 Å². The number of carbonyl (C=O) groups is 1.